The van der Waals surface area contributed by atoms with Crippen LogP contribution in [0.4, 0.5) is 0 Å². The number of nitrogens with one attached hydrogen (secondary N) is 1. The second kappa shape index (κ2) is 7.67. The second-order valence-corrected chi connectivity index (χ2v) is 5.24. The molecular weight excluding hydrogens is 218 g/mol. The maximum absolute atomic E-state index is 11.5. The van der Waals surface area contributed by atoms with Gasteiger partial charge in [-0.15, -0.1) is 0 Å². The molecule has 0 aromatic rings. The summed E-state index contributed by atoms with van der Waals surface area (Å²) in [6.45, 7) is 5.90. The molecule has 4 heteroatoms. The molecule has 1 saturated heterocycles. The Bertz CT molecular complexity index is 225. The van der Waals surface area contributed by atoms with Crippen LogP contribution in [0.15, 0.2) is 0 Å². The molecule has 4 nitrogen and oxygen atoms in total. The van der Waals surface area contributed by atoms with Gasteiger partial charge in [-0.1, -0.05) is 13.8 Å². The minimum atomic E-state index is -0.447. The Labute approximate surface area is 104 Å². The zero-order chi connectivity index (χ0) is 12.7. The first-order valence-corrected chi connectivity index (χ1v) is 6.62. The van der Waals surface area contributed by atoms with Crippen LogP contribution in [0.25, 0.3) is 0 Å². The van der Waals surface area contributed by atoms with Gasteiger partial charge in [-0.05, 0) is 31.1 Å². The highest BCUT2D eigenvalue weighted by molar-refractivity contribution is 5.75. The number of hydrogen-bond donors (Lipinski definition) is 2. The molecular formula is C13H25NO3. The van der Waals surface area contributed by atoms with Gasteiger partial charge in [0.2, 0.25) is 5.91 Å². The van der Waals surface area contributed by atoms with Crippen LogP contribution in [-0.2, 0) is 9.53 Å². The molecule has 1 fully saturated rings. The lowest BCUT2D eigenvalue weighted by Crippen LogP contribution is -2.35. The fourth-order valence-corrected chi connectivity index (χ4v) is 1.91. The zero-order valence-electron chi connectivity index (χ0n) is 10.9. The van der Waals surface area contributed by atoms with Crippen molar-refractivity contribution in [3.8, 4) is 0 Å². The fraction of sp³-hybridized carbons (Fsp3) is 0.923. The van der Waals surface area contributed by atoms with Crippen LogP contribution < -0.4 is 5.32 Å². The third kappa shape index (κ3) is 6.03. The second-order valence-electron chi connectivity index (χ2n) is 5.24. The van der Waals surface area contributed by atoms with Crippen LogP contribution in [-0.4, -0.2) is 36.9 Å². The molecule has 0 radical (unpaired) electrons. The summed E-state index contributed by atoms with van der Waals surface area (Å²) in [5.74, 6) is 0.752. The molecule has 100 valence electrons. The molecule has 0 aliphatic carbocycles. The minimum absolute atomic E-state index is 0.0373. The van der Waals surface area contributed by atoms with Gasteiger partial charge < -0.3 is 15.2 Å². The van der Waals surface area contributed by atoms with Crippen molar-refractivity contribution in [3.63, 3.8) is 0 Å². The molecule has 2 unspecified atom stereocenters. The summed E-state index contributed by atoms with van der Waals surface area (Å²) in [6, 6.07) is 0. The lowest BCUT2D eigenvalue weighted by molar-refractivity contribution is -0.122. The van der Waals surface area contributed by atoms with E-state index < -0.39 is 6.10 Å². The first kappa shape index (κ1) is 14.5. The molecule has 0 spiro atoms. The van der Waals surface area contributed by atoms with Gasteiger partial charge in [0.1, 0.15) is 0 Å². The predicted molar refractivity (Wildman–Crippen MR) is 66.6 cm³/mol. The van der Waals surface area contributed by atoms with E-state index in [9.17, 15) is 9.90 Å². The highest BCUT2D eigenvalue weighted by atomic mass is 16.5. The van der Waals surface area contributed by atoms with Crippen molar-refractivity contribution in [1.29, 1.82) is 0 Å². The minimum Gasteiger partial charge on any atom is -0.391 e. The number of hydrogen-bond acceptors (Lipinski definition) is 3. The van der Waals surface area contributed by atoms with Crippen molar-refractivity contribution >= 4 is 5.91 Å². The topological polar surface area (TPSA) is 58.6 Å². The number of rotatable bonds is 6. The monoisotopic (exact) mass is 243 g/mol. The van der Waals surface area contributed by atoms with Crippen molar-refractivity contribution in [1.82, 2.24) is 5.32 Å². The quantitative estimate of drug-likeness (QED) is 0.740. The molecule has 2 N–H and O–H groups in total. The van der Waals surface area contributed by atoms with Gasteiger partial charge in [-0.2, -0.15) is 0 Å². The Kier molecular flexibility index (Phi) is 6.52. The van der Waals surface area contributed by atoms with E-state index in [-0.39, 0.29) is 11.8 Å². The molecule has 0 saturated carbocycles. The normalized spacial score (nSPS) is 22.5. The van der Waals surface area contributed by atoms with Crippen LogP contribution in [0.3, 0.4) is 0 Å². The van der Waals surface area contributed by atoms with Crippen LogP contribution in [0.1, 0.15) is 39.5 Å². The van der Waals surface area contributed by atoms with Gasteiger partial charge in [0.15, 0.2) is 0 Å². The Balaban J connectivity index is 2.08. The molecule has 1 amide bonds. The van der Waals surface area contributed by atoms with Crippen LogP contribution in [0.2, 0.25) is 0 Å². The molecule has 0 aromatic carbocycles. The molecule has 1 aliphatic rings. The van der Waals surface area contributed by atoms with Gasteiger partial charge in [-0.3, -0.25) is 4.79 Å². The Morgan fingerprint density at radius 3 is 2.88 bits per heavy atom. The zero-order valence-corrected chi connectivity index (χ0v) is 10.9. The fourth-order valence-electron chi connectivity index (χ4n) is 1.91. The maximum Gasteiger partial charge on any atom is 0.220 e. The third-order valence-corrected chi connectivity index (χ3v) is 3.31. The van der Waals surface area contributed by atoms with E-state index >= 15 is 0 Å². The van der Waals surface area contributed by atoms with Crippen molar-refractivity contribution < 1.29 is 14.6 Å². The average molecular weight is 243 g/mol. The molecule has 1 rings (SSSR count). The van der Waals surface area contributed by atoms with Gasteiger partial charge in [0.05, 0.1) is 6.10 Å². The SMILES string of the molecule is CC(C)C(O)CNC(=O)CCC1CCCOC1. The highest BCUT2D eigenvalue weighted by Crippen LogP contribution is 2.18. The summed E-state index contributed by atoms with van der Waals surface area (Å²) in [4.78, 5) is 11.5. The number of carbonyl (C=O) groups is 1. The largest absolute Gasteiger partial charge is 0.391 e. The lowest BCUT2D eigenvalue weighted by atomic mass is 9.97. The van der Waals surface area contributed by atoms with Gasteiger partial charge >= 0.3 is 0 Å². The average Bonchev–Trinajstić information content (AvgIpc) is 2.34. The first-order valence-electron chi connectivity index (χ1n) is 6.62. The van der Waals surface area contributed by atoms with Crippen molar-refractivity contribution in [2.75, 3.05) is 19.8 Å². The van der Waals surface area contributed by atoms with E-state index in [2.05, 4.69) is 5.32 Å². The number of ether oxygens (including phenoxy) is 1. The van der Waals surface area contributed by atoms with Crippen molar-refractivity contribution in [2.24, 2.45) is 11.8 Å². The van der Waals surface area contributed by atoms with Gasteiger partial charge in [-0.25, -0.2) is 0 Å². The predicted octanol–water partition coefficient (Wildman–Crippen LogP) is 1.33. The Morgan fingerprint density at radius 1 is 1.53 bits per heavy atom. The number of carbonyl (C=O) groups excluding carboxylic acids is 1. The van der Waals surface area contributed by atoms with Gasteiger partial charge in [0.25, 0.3) is 0 Å². The van der Waals surface area contributed by atoms with Gasteiger partial charge in [0, 0.05) is 26.2 Å². The number of aliphatic hydroxyl groups excluding tert-OH is 1. The van der Waals surface area contributed by atoms with Crippen LogP contribution >= 0.6 is 0 Å². The number of amides is 1. The standard InChI is InChI=1S/C13H25NO3/c1-10(2)12(15)8-14-13(16)6-5-11-4-3-7-17-9-11/h10-12,15H,3-9H2,1-2H3,(H,14,16). The molecule has 0 aromatic heterocycles. The molecule has 1 heterocycles. The van der Waals surface area contributed by atoms with Crippen LogP contribution in [0.5, 0.6) is 0 Å². The summed E-state index contributed by atoms with van der Waals surface area (Å²) in [5, 5.41) is 12.3. The van der Waals surface area contributed by atoms with E-state index in [0.29, 0.717) is 18.9 Å². The molecule has 2 atom stereocenters. The summed E-state index contributed by atoms with van der Waals surface area (Å²) < 4.78 is 5.37. The smallest absolute Gasteiger partial charge is 0.220 e. The first-order chi connectivity index (χ1) is 8.09. The summed E-state index contributed by atoms with van der Waals surface area (Å²) in [6.07, 6.45) is 3.26. The highest BCUT2D eigenvalue weighted by Gasteiger charge is 2.16. The summed E-state index contributed by atoms with van der Waals surface area (Å²) in [7, 11) is 0. The van der Waals surface area contributed by atoms with Crippen LogP contribution in [0, 0.1) is 11.8 Å². The van der Waals surface area contributed by atoms with E-state index in [1.807, 2.05) is 13.8 Å². The Morgan fingerprint density at radius 2 is 2.29 bits per heavy atom. The molecule has 0 bridgehead atoms. The van der Waals surface area contributed by atoms with E-state index in [1.165, 1.54) is 6.42 Å². The third-order valence-electron chi connectivity index (χ3n) is 3.31. The molecule has 1 aliphatic heterocycles. The lowest BCUT2D eigenvalue weighted by Gasteiger charge is -2.21. The maximum atomic E-state index is 11.5. The van der Waals surface area contributed by atoms with Crippen molar-refractivity contribution in [3.05, 3.63) is 0 Å². The number of aliphatic hydroxyl groups is 1. The van der Waals surface area contributed by atoms with E-state index in [1.54, 1.807) is 0 Å². The molecule has 17 heavy (non-hydrogen) atoms. The Hall–Kier alpha value is -0.610. The summed E-state index contributed by atoms with van der Waals surface area (Å²) in [5.41, 5.74) is 0. The van der Waals surface area contributed by atoms with E-state index in [0.717, 1.165) is 26.1 Å². The summed E-state index contributed by atoms with van der Waals surface area (Å²) >= 11 is 0. The van der Waals surface area contributed by atoms with Crippen molar-refractivity contribution in [2.45, 2.75) is 45.6 Å². The van der Waals surface area contributed by atoms with E-state index in [4.69, 9.17) is 4.74 Å².